The van der Waals surface area contributed by atoms with Crippen LogP contribution in [0, 0.1) is 0 Å². The van der Waals surface area contributed by atoms with Crippen LogP contribution in [0.2, 0.25) is 0 Å². The number of hydrogen-bond acceptors (Lipinski definition) is 2. The van der Waals surface area contributed by atoms with E-state index >= 15 is 0 Å². The quantitative estimate of drug-likeness (QED) is 0.905. The summed E-state index contributed by atoms with van der Waals surface area (Å²) in [6.45, 7) is 0. The Morgan fingerprint density at radius 3 is 2.87 bits per heavy atom. The lowest BCUT2D eigenvalue weighted by Crippen LogP contribution is -2.25. The van der Waals surface area contributed by atoms with Gasteiger partial charge in [-0.25, -0.2) is 13.1 Å². The van der Waals surface area contributed by atoms with Crippen LogP contribution in [0.5, 0.6) is 0 Å². The Morgan fingerprint density at radius 1 is 1.47 bits per heavy atom. The zero-order valence-corrected chi connectivity index (χ0v) is 10.7. The Balaban J connectivity index is 2.29. The van der Waals surface area contributed by atoms with Gasteiger partial charge in [0.15, 0.2) is 0 Å². The first-order valence-electron chi connectivity index (χ1n) is 4.71. The van der Waals surface area contributed by atoms with Crippen molar-refractivity contribution < 1.29 is 8.42 Å². The monoisotopic (exact) mass is 289 g/mol. The summed E-state index contributed by atoms with van der Waals surface area (Å²) in [4.78, 5) is 0. The van der Waals surface area contributed by atoms with Crippen LogP contribution in [0.4, 0.5) is 0 Å². The van der Waals surface area contributed by atoms with Gasteiger partial charge in [0.2, 0.25) is 10.0 Å². The minimum absolute atomic E-state index is 0.0527. The number of aryl methyl sites for hydroxylation is 1. The summed E-state index contributed by atoms with van der Waals surface area (Å²) >= 11 is 3.41. The van der Waals surface area contributed by atoms with Gasteiger partial charge in [-0.3, -0.25) is 0 Å². The average molecular weight is 290 g/mol. The van der Waals surface area contributed by atoms with E-state index in [4.69, 9.17) is 0 Å². The van der Waals surface area contributed by atoms with Crippen LogP contribution >= 0.6 is 15.9 Å². The lowest BCUT2D eigenvalue weighted by molar-refractivity contribution is 0.560. The van der Waals surface area contributed by atoms with Gasteiger partial charge in [-0.1, -0.05) is 22.0 Å². The molecule has 2 rings (SSSR count). The highest BCUT2D eigenvalue weighted by Gasteiger charge is 2.24. The molecule has 0 amide bonds. The summed E-state index contributed by atoms with van der Waals surface area (Å²) in [6.07, 6.45) is 2.98. The number of hydrogen-bond donors (Lipinski definition) is 1. The summed E-state index contributed by atoms with van der Waals surface area (Å²) in [5.41, 5.74) is 2.33. The van der Waals surface area contributed by atoms with Crippen molar-refractivity contribution in [3.05, 3.63) is 33.8 Å². The van der Waals surface area contributed by atoms with Crippen molar-refractivity contribution in [3.8, 4) is 0 Å². The first kappa shape index (κ1) is 11.1. The van der Waals surface area contributed by atoms with Crippen molar-refractivity contribution >= 4 is 26.0 Å². The van der Waals surface area contributed by atoms with Gasteiger partial charge in [-0.15, -0.1) is 0 Å². The van der Waals surface area contributed by atoms with Gasteiger partial charge in [0.05, 0.1) is 6.26 Å². The molecule has 0 saturated carbocycles. The summed E-state index contributed by atoms with van der Waals surface area (Å²) in [5.74, 6) is 0. The molecule has 3 nitrogen and oxygen atoms in total. The normalized spacial score (nSPS) is 20.3. The maximum Gasteiger partial charge on any atom is 0.209 e. The molecule has 0 heterocycles. The molecule has 0 bridgehead atoms. The number of benzene rings is 1. The highest BCUT2D eigenvalue weighted by atomic mass is 79.9. The van der Waals surface area contributed by atoms with Crippen LogP contribution in [-0.4, -0.2) is 14.7 Å². The number of halogens is 1. The van der Waals surface area contributed by atoms with E-state index in [1.807, 2.05) is 12.1 Å². The van der Waals surface area contributed by atoms with Crippen LogP contribution in [-0.2, 0) is 16.4 Å². The van der Waals surface area contributed by atoms with Crippen LogP contribution in [0.25, 0.3) is 0 Å². The maximum absolute atomic E-state index is 11.1. The fourth-order valence-electron chi connectivity index (χ4n) is 1.97. The second-order valence-electron chi connectivity index (χ2n) is 3.82. The maximum atomic E-state index is 11.1. The van der Waals surface area contributed by atoms with Gasteiger partial charge in [0.1, 0.15) is 0 Å². The second-order valence-corrected chi connectivity index (χ2v) is 6.52. The van der Waals surface area contributed by atoms with Gasteiger partial charge in [0.25, 0.3) is 0 Å². The number of sulfonamides is 1. The molecule has 1 aromatic carbocycles. The fourth-order valence-corrected chi connectivity index (χ4v) is 3.14. The minimum Gasteiger partial charge on any atom is -0.213 e. The first-order chi connectivity index (χ1) is 6.96. The van der Waals surface area contributed by atoms with Crippen molar-refractivity contribution in [1.82, 2.24) is 4.72 Å². The molecule has 5 heteroatoms. The summed E-state index contributed by atoms with van der Waals surface area (Å²) in [6, 6.07) is 5.93. The Kier molecular flexibility index (Phi) is 2.87. The molecule has 1 unspecified atom stereocenters. The average Bonchev–Trinajstić information content (AvgIpc) is 2.45. The van der Waals surface area contributed by atoms with Crippen molar-refractivity contribution in [1.29, 1.82) is 0 Å². The number of fused-ring (bicyclic) bond motifs is 1. The molecule has 1 N–H and O–H groups in total. The van der Waals surface area contributed by atoms with E-state index in [2.05, 4.69) is 26.7 Å². The van der Waals surface area contributed by atoms with Crippen LogP contribution < -0.4 is 4.72 Å². The highest BCUT2D eigenvalue weighted by Crippen LogP contribution is 2.33. The lowest BCUT2D eigenvalue weighted by atomic mass is 10.1. The van der Waals surface area contributed by atoms with E-state index < -0.39 is 10.0 Å². The molecule has 0 spiro atoms. The molecular formula is C10H12BrNO2S. The van der Waals surface area contributed by atoms with Crippen LogP contribution in [0.15, 0.2) is 22.7 Å². The van der Waals surface area contributed by atoms with Gasteiger partial charge in [-0.05, 0) is 36.1 Å². The molecule has 0 saturated heterocycles. The van der Waals surface area contributed by atoms with Crippen LogP contribution in [0.1, 0.15) is 23.6 Å². The SMILES string of the molecule is CS(=O)(=O)NC1CCc2cc(Br)ccc21. The molecule has 1 aromatic rings. The standard InChI is InChI=1S/C10H12BrNO2S/c1-15(13,14)12-10-5-2-7-6-8(11)3-4-9(7)10/h3-4,6,10,12H,2,5H2,1H3. The van der Waals surface area contributed by atoms with E-state index in [0.717, 1.165) is 22.9 Å². The van der Waals surface area contributed by atoms with Crippen LogP contribution in [0.3, 0.4) is 0 Å². The smallest absolute Gasteiger partial charge is 0.209 e. The topological polar surface area (TPSA) is 46.2 Å². The van der Waals surface area contributed by atoms with Gasteiger partial charge < -0.3 is 0 Å². The molecule has 82 valence electrons. The Bertz CT molecular complexity index is 484. The summed E-state index contributed by atoms with van der Waals surface area (Å²) in [7, 11) is -3.12. The predicted octanol–water partition coefficient (Wildman–Crippen LogP) is 1.99. The third-order valence-electron chi connectivity index (χ3n) is 2.54. The third kappa shape index (κ3) is 2.59. The zero-order chi connectivity index (χ0) is 11.1. The van der Waals surface area contributed by atoms with Crippen molar-refractivity contribution in [2.45, 2.75) is 18.9 Å². The zero-order valence-electron chi connectivity index (χ0n) is 8.33. The highest BCUT2D eigenvalue weighted by molar-refractivity contribution is 9.10. The van der Waals surface area contributed by atoms with E-state index in [1.54, 1.807) is 0 Å². The Labute approximate surface area is 98.1 Å². The van der Waals surface area contributed by atoms with E-state index in [1.165, 1.54) is 11.8 Å². The minimum atomic E-state index is -3.12. The lowest BCUT2D eigenvalue weighted by Gasteiger charge is -2.11. The third-order valence-corrected chi connectivity index (χ3v) is 3.75. The fraction of sp³-hybridized carbons (Fsp3) is 0.400. The molecule has 1 atom stereocenters. The molecule has 15 heavy (non-hydrogen) atoms. The van der Waals surface area contributed by atoms with Crippen molar-refractivity contribution in [2.75, 3.05) is 6.26 Å². The summed E-state index contributed by atoms with van der Waals surface area (Å²) in [5, 5.41) is 0. The van der Waals surface area contributed by atoms with E-state index in [-0.39, 0.29) is 6.04 Å². The van der Waals surface area contributed by atoms with Gasteiger partial charge in [0, 0.05) is 10.5 Å². The molecular weight excluding hydrogens is 278 g/mol. The molecule has 0 radical (unpaired) electrons. The van der Waals surface area contributed by atoms with E-state index in [0.29, 0.717) is 0 Å². The molecule has 1 aliphatic rings. The molecule has 0 fully saturated rings. The Morgan fingerprint density at radius 2 is 2.20 bits per heavy atom. The van der Waals surface area contributed by atoms with E-state index in [9.17, 15) is 8.42 Å². The largest absolute Gasteiger partial charge is 0.213 e. The molecule has 0 aliphatic heterocycles. The molecule has 1 aliphatic carbocycles. The molecule has 0 aromatic heterocycles. The van der Waals surface area contributed by atoms with Gasteiger partial charge >= 0.3 is 0 Å². The number of rotatable bonds is 2. The predicted molar refractivity (Wildman–Crippen MR) is 63.2 cm³/mol. The second kappa shape index (κ2) is 3.88. The summed E-state index contributed by atoms with van der Waals surface area (Å²) < 4.78 is 26.0. The van der Waals surface area contributed by atoms with Crippen molar-refractivity contribution in [2.24, 2.45) is 0 Å². The first-order valence-corrected chi connectivity index (χ1v) is 7.40. The Hall–Kier alpha value is -0.390. The number of nitrogens with one attached hydrogen (secondary N) is 1. The van der Waals surface area contributed by atoms with Crippen molar-refractivity contribution in [3.63, 3.8) is 0 Å². The van der Waals surface area contributed by atoms with Gasteiger partial charge in [-0.2, -0.15) is 0 Å².